The normalized spacial score (nSPS) is 9.13. The number of likely N-dealkylation sites (N-methyl/N-ethyl adjacent to an activating group) is 1. The first-order chi connectivity index (χ1) is 7.17. The van der Waals surface area contributed by atoms with Gasteiger partial charge in [-0.1, -0.05) is 20.8 Å². The van der Waals surface area contributed by atoms with Gasteiger partial charge in [-0.3, -0.25) is 9.48 Å². The average molecular weight is 211 g/mol. The number of hydrogen-bond donors (Lipinski definition) is 1. The van der Waals surface area contributed by atoms with Crippen LogP contribution in [-0.4, -0.2) is 22.7 Å². The fourth-order valence-electron chi connectivity index (χ4n) is 1.24. The van der Waals surface area contributed by atoms with E-state index in [0.29, 0.717) is 6.54 Å². The van der Waals surface area contributed by atoms with E-state index >= 15 is 0 Å². The average Bonchev–Trinajstić information content (AvgIpc) is 2.61. The van der Waals surface area contributed by atoms with Crippen molar-refractivity contribution in [3.63, 3.8) is 0 Å². The van der Waals surface area contributed by atoms with Crippen molar-refractivity contribution in [3.05, 3.63) is 17.5 Å². The molecule has 4 heteroatoms. The van der Waals surface area contributed by atoms with Crippen LogP contribution in [0.4, 0.5) is 0 Å². The molecular weight excluding hydrogens is 190 g/mol. The van der Waals surface area contributed by atoms with Gasteiger partial charge in [-0.15, -0.1) is 0 Å². The van der Waals surface area contributed by atoms with Crippen LogP contribution in [-0.2, 0) is 17.8 Å². The van der Waals surface area contributed by atoms with Gasteiger partial charge >= 0.3 is 0 Å². The number of nitrogens with zero attached hydrogens (tertiary/aromatic N) is 2. The van der Waals surface area contributed by atoms with Crippen LogP contribution in [0.5, 0.6) is 0 Å². The van der Waals surface area contributed by atoms with Gasteiger partial charge in [0.2, 0.25) is 5.91 Å². The Bertz CT molecular complexity index is 305. The molecule has 1 amide bonds. The zero-order valence-corrected chi connectivity index (χ0v) is 10.3. The van der Waals surface area contributed by atoms with Gasteiger partial charge in [0.1, 0.15) is 6.54 Å². The van der Waals surface area contributed by atoms with E-state index in [-0.39, 0.29) is 5.91 Å². The molecule has 0 aliphatic carbocycles. The largest absolute Gasteiger partial charge is 0.358 e. The summed E-state index contributed by atoms with van der Waals surface area (Å²) in [6.45, 7) is 8.30. The maximum Gasteiger partial charge on any atom is 0.241 e. The van der Waals surface area contributed by atoms with Crippen LogP contribution >= 0.6 is 0 Å². The Balaban J connectivity index is 0.000000921. The van der Waals surface area contributed by atoms with Gasteiger partial charge in [-0.05, 0) is 19.4 Å². The van der Waals surface area contributed by atoms with E-state index in [1.54, 1.807) is 11.7 Å². The molecule has 1 aromatic rings. The van der Waals surface area contributed by atoms with Crippen molar-refractivity contribution in [1.29, 1.82) is 0 Å². The number of nitrogens with one attached hydrogen (secondary N) is 1. The quantitative estimate of drug-likeness (QED) is 0.824. The lowest BCUT2D eigenvalue weighted by Crippen LogP contribution is -2.24. The van der Waals surface area contributed by atoms with E-state index in [9.17, 15) is 4.79 Å². The molecule has 0 aliphatic heterocycles. The van der Waals surface area contributed by atoms with Crippen LogP contribution in [0.1, 0.15) is 32.2 Å². The summed E-state index contributed by atoms with van der Waals surface area (Å²) in [6, 6.07) is 2.00. The van der Waals surface area contributed by atoms with Gasteiger partial charge < -0.3 is 5.32 Å². The van der Waals surface area contributed by atoms with Crippen LogP contribution in [0.25, 0.3) is 0 Å². The molecule has 1 aromatic heterocycles. The maximum absolute atomic E-state index is 11.1. The van der Waals surface area contributed by atoms with Crippen LogP contribution < -0.4 is 5.32 Å². The molecule has 0 saturated carbocycles. The zero-order valence-electron chi connectivity index (χ0n) is 10.3. The first-order valence-electron chi connectivity index (χ1n) is 5.41. The molecule has 86 valence electrons. The Labute approximate surface area is 91.7 Å². The topological polar surface area (TPSA) is 46.9 Å². The first-order valence-corrected chi connectivity index (χ1v) is 5.41. The van der Waals surface area contributed by atoms with Crippen LogP contribution in [0, 0.1) is 6.92 Å². The lowest BCUT2D eigenvalue weighted by molar-refractivity contribution is -0.121. The lowest BCUT2D eigenvalue weighted by atomic mass is 10.3. The fraction of sp³-hybridized carbons (Fsp3) is 0.636. The Kier molecular flexibility index (Phi) is 6.42. The van der Waals surface area contributed by atoms with Crippen molar-refractivity contribution in [2.45, 2.75) is 40.7 Å². The molecule has 0 aliphatic rings. The number of aromatic nitrogens is 2. The summed E-state index contributed by atoms with van der Waals surface area (Å²) >= 11 is 0. The smallest absolute Gasteiger partial charge is 0.241 e. The van der Waals surface area contributed by atoms with Crippen molar-refractivity contribution in [2.24, 2.45) is 0 Å². The number of aryl methyl sites for hydroxylation is 2. The summed E-state index contributed by atoms with van der Waals surface area (Å²) in [6.07, 6.45) is 0.901. The van der Waals surface area contributed by atoms with E-state index < -0.39 is 0 Å². The van der Waals surface area contributed by atoms with Gasteiger partial charge in [-0.25, -0.2) is 0 Å². The highest BCUT2D eigenvalue weighted by molar-refractivity contribution is 5.75. The number of carbonyl (C=O) groups is 1. The van der Waals surface area contributed by atoms with Gasteiger partial charge in [0.15, 0.2) is 0 Å². The highest BCUT2D eigenvalue weighted by atomic mass is 16.1. The van der Waals surface area contributed by atoms with Crippen molar-refractivity contribution in [3.8, 4) is 0 Å². The SMILES string of the molecule is CC.CCc1cc(C)nn1CC(=O)NC. The summed E-state index contributed by atoms with van der Waals surface area (Å²) in [5, 5.41) is 6.80. The molecule has 0 atom stereocenters. The molecule has 0 bridgehead atoms. The Morgan fingerprint density at radius 1 is 1.53 bits per heavy atom. The van der Waals surface area contributed by atoms with Gasteiger partial charge in [-0.2, -0.15) is 5.10 Å². The van der Waals surface area contributed by atoms with Gasteiger partial charge in [0.05, 0.1) is 5.69 Å². The summed E-state index contributed by atoms with van der Waals surface area (Å²) in [7, 11) is 1.63. The van der Waals surface area contributed by atoms with Crippen LogP contribution in [0.2, 0.25) is 0 Å². The molecule has 1 N–H and O–H groups in total. The van der Waals surface area contributed by atoms with E-state index in [2.05, 4.69) is 17.3 Å². The van der Waals surface area contributed by atoms with Crippen molar-refractivity contribution >= 4 is 5.91 Å². The Morgan fingerprint density at radius 3 is 2.60 bits per heavy atom. The number of amides is 1. The van der Waals surface area contributed by atoms with Crippen LogP contribution in [0.15, 0.2) is 6.07 Å². The number of carbonyl (C=O) groups excluding carboxylic acids is 1. The zero-order chi connectivity index (χ0) is 11.8. The maximum atomic E-state index is 11.1. The third-order valence-corrected chi connectivity index (χ3v) is 1.92. The lowest BCUT2D eigenvalue weighted by Gasteiger charge is -2.03. The second kappa shape index (κ2) is 7.04. The van der Waals surface area contributed by atoms with E-state index in [4.69, 9.17) is 0 Å². The van der Waals surface area contributed by atoms with Crippen LogP contribution in [0.3, 0.4) is 0 Å². The summed E-state index contributed by atoms with van der Waals surface area (Å²) in [4.78, 5) is 11.1. The Morgan fingerprint density at radius 2 is 2.13 bits per heavy atom. The molecule has 1 heterocycles. The van der Waals surface area contributed by atoms with Gasteiger partial charge in [0.25, 0.3) is 0 Å². The standard InChI is InChI=1S/C9H15N3O.C2H6/c1-4-8-5-7(2)11-12(8)6-9(13)10-3;1-2/h5H,4,6H2,1-3H3,(H,10,13);1-2H3. The predicted octanol–water partition coefficient (Wildman–Crippen LogP) is 1.53. The molecule has 1 rings (SSSR count). The monoisotopic (exact) mass is 211 g/mol. The summed E-state index contributed by atoms with van der Waals surface area (Å²) in [5.41, 5.74) is 2.06. The predicted molar refractivity (Wildman–Crippen MR) is 61.8 cm³/mol. The molecular formula is C11H21N3O. The molecule has 0 radical (unpaired) electrons. The van der Waals surface area contributed by atoms with Gasteiger partial charge in [0, 0.05) is 12.7 Å². The van der Waals surface area contributed by atoms with Crippen molar-refractivity contribution in [1.82, 2.24) is 15.1 Å². The molecule has 0 saturated heterocycles. The minimum absolute atomic E-state index is 0.0159. The van der Waals surface area contributed by atoms with E-state index in [1.165, 1.54) is 0 Å². The van der Waals surface area contributed by atoms with E-state index in [0.717, 1.165) is 17.8 Å². The third kappa shape index (κ3) is 4.14. The third-order valence-electron chi connectivity index (χ3n) is 1.92. The highest BCUT2D eigenvalue weighted by Crippen LogP contribution is 2.03. The summed E-state index contributed by atoms with van der Waals surface area (Å²) < 4.78 is 1.74. The molecule has 15 heavy (non-hydrogen) atoms. The fourth-order valence-corrected chi connectivity index (χ4v) is 1.24. The minimum Gasteiger partial charge on any atom is -0.358 e. The number of hydrogen-bond acceptors (Lipinski definition) is 2. The summed E-state index contributed by atoms with van der Waals surface area (Å²) in [5.74, 6) is -0.0159. The molecule has 4 nitrogen and oxygen atoms in total. The van der Waals surface area contributed by atoms with Crippen molar-refractivity contribution in [2.75, 3.05) is 7.05 Å². The molecule has 0 aromatic carbocycles. The number of rotatable bonds is 3. The molecule has 0 fully saturated rings. The second-order valence-electron chi connectivity index (χ2n) is 2.96. The highest BCUT2D eigenvalue weighted by Gasteiger charge is 2.06. The van der Waals surface area contributed by atoms with Crippen molar-refractivity contribution < 1.29 is 4.79 Å². The molecule has 0 spiro atoms. The molecule has 0 unspecified atom stereocenters. The second-order valence-corrected chi connectivity index (χ2v) is 2.96. The minimum atomic E-state index is -0.0159. The van der Waals surface area contributed by atoms with E-state index in [1.807, 2.05) is 26.8 Å². The first kappa shape index (κ1) is 13.7. The Hall–Kier alpha value is -1.32.